The number of amides is 1. The van der Waals surface area contributed by atoms with Crippen LogP contribution in [-0.4, -0.2) is 60.7 Å². The lowest BCUT2D eigenvalue weighted by Crippen LogP contribution is -2.34. The van der Waals surface area contributed by atoms with Crippen molar-refractivity contribution in [1.29, 1.82) is 0 Å². The monoisotopic (exact) mass is 470 g/mol. The zero-order valence-electron chi connectivity index (χ0n) is 20.3. The zero-order chi connectivity index (χ0) is 24.2. The molecule has 184 valence electrons. The molecule has 1 fully saturated rings. The lowest BCUT2D eigenvalue weighted by atomic mass is 9.79. The van der Waals surface area contributed by atoms with E-state index < -0.39 is 11.6 Å². The topological polar surface area (TPSA) is 62.2 Å². The average Bonchev–Trinajstić information content (AvgIpc) is 3.12. The summed E-state index contributed by atoms with van der Waals surface area (Å²) in [5, 5.41) is 9.60. The van der Waals surface area contributed by atoms with Crippen molar-refractivity contribution in [3.63, 3.8) is 0 Å². The molecule has 1 saturated carbocycles. The van der Waals surface area contributed by atoms with E-state index in [4.69, 9.17) is 9.47 Å². The average molecular weight is 471 g/mol. The van der Waals surface area contributed by atoms with Gasteiger partial charge in [0.2, 0.25) is 0 Å². The van der Waals surface area contributed by atoms with Gasteiger partial charge in [0.25, 0.3) is 5.91 Å². The van der Waals surface area contributed by atoms with Crippen molar-refractivity contribution >= 4 is 5.91 Å². The highest BCUT2D eigenvalue weighted by molar-refractivity contribution is 5.99. The van der Waals surface area contributed by atoms with Gasteiger partial charge in [-0.05, 0) is 82.3 Å². The fourth-order valence-corrected chi connectivity index (χ4v) is 5.00. The van der Waals surface area contributed by atoms with Gasteiger partial charge in [0.1, 0.15) is 18.1 Å². The number of phenolic OH excluding ortho intramolecular Hbond substituents is 1. The first kappa shape index (κ1) is 24.3. The molecular weight excluding hydrogens is 435 g/mol. The Kier molecular flexibility index (Phi) is 7.61. The molecule has 1 atom stereocenters. The van der Waals surface area contributed by atoms with Crippen LogP contribution in [0.1, 0.15) is 48.5 Å². The molecule has 2 aromatic carbocycles. The number of aromatic hydroxyl groups is 1. The van der Waals surface area contributed by atoms with Crippen molar-refractivity contribution in [2.45, 2.75) is 45.3 Å². The first-order valence-electron chi connectivity index (χ1n) is 12.2. The third-order valence-electron chi connectivity index (χ3n) is 7.04. The Morgan fingerprint density at radius 2 is 1.88 bits per heavy atom. The Morgan fingerprint density at radius 3 is 2.62 bits per heavy atom. The highest BCUT2D eigenvalue weighted by Crippen LogP contribution is 2.36. The second-order valence-electron chi connectivity index (χ2n) is 9.85. The van der Waals surface area contributed by atoms with E-state index in [-0.39, 0.29) is 17.6 Å². The Morgan fingerprint density at radius 1 is 1.15 bits per heavy atom. The van der Waals surface area contributed by atoms with Gasteiger partial charge in [-0.2, -0.15) is 0 Å². The number of carbonyl (C=O) groups is 1. The van der Waals surface area contributed by atoms with Crippen LogP contribution in [0.25, 0.3) is 0 Å². The minimum absolute atomic E-state index is 0.0311. The number of nitrogens with zero attached hydrogens (tertiary/aromatic N) is 2. The zero-order valence-corrected chi connectivity index (χ0v) is 20.3. The van der Waals surface area contributed by atoms with Crippen LogP contribution in [-0.2, 0) is 6.54 Å². The Labute approximate surface area is 201 Å². The SMILES string of the molecule is CC(Oc1cccc(OCCN(C)C)c1)C1CCC(CN2Cc3ccc(O)c(F)c3C2=O)CC1. The molecule has 1 amide bonds. The van der Waals surface area contributed by atoms with Crippen molar-refractivity contribution in [3.8, 4) is 17.2 Å². The molecule has 34 heavy (non-hydrogen) atoms. The van der Waals surface area contributed by atoms with Gasteiger partial charge >= 0.3 is 0 Å². The van der Waals surface area contributed by atoms with Crippen molar-refractivity contribution in [3.05, 3.63) is 53.3 Å². The number of hydrogen-bond acceptors (Lipinski definition) is 5. The molecule has 0 saturated heterocycles. The number of ether oxygens (including phenoxy) is 2. The van der Waals surface area contributed by atoms with Gasteiger partial charge in [-0.1, -0.05) is 12.1 Å². The number of rotatable bonds is 9. The van der Waals surface area contributed by atoms with E-state index in [0.717, 1.165) is 43.7 Å². The van der Waals surface area contributed by atoms with Gasteiger partial charge in [-0.25, -0.2) is 4.39 Å². The summed E-state index contributed by atoms with van der Waals surface area (Å²) in [6, 6.07) is 10.8. The summed E-state index contributed by atoms with van der Waals surface area (Å²) in [5.74, 6) is 0.914. The fraction of sp³-hybridized carbons (Fsp3) is 0.519. The van der Waals surface area contributed by atoms with Crippen molar-refractivity contribution in [1.82, 2.24) is 9.80 Å². The van der Waals surface area contributed by atoms with Crippen LogP contribution in [0.3, 0.4) is 0 Å². The number of halogens is 1. The third-order valence-corrected chi connectivity index (χ3v) is 7.04. The molecule has 2 aromatic rings. The van der Waals surface area contributed by atoms with Gasteiger partial charge < -0.3 is 24.4 Å². The number of phenols is 1. The van der Waals surface area contributed by atoms with E-state index in [9.17, 15) is 14.3 Å². The number of benzene rings is 2. The molecular formula is C27H35FN2O4. The Balaban J connectivity index is 1.25. The number of fused-ring (bicyclic) bond motifs is 1. The summed E-state index contributed by atoms with van der Waals surface area (Å²) >= 11 is 0. The van der Waals surface area contributed by atoms with Crippen LogP contribution in [0, 0.1) is 17.7 Å². The second-order valence-corrected chi connectivity index (χ2v) is 9.85. The first-order valence-corrected chi connectivity index (χ1v) is 12.2. The lowest BCUT2D eigenvalue weighted by molar-refractivity contribution is 0.0682. The van der Waals surface area contributed by atoms with E-state index in [1.807, 2.05) is 38.4 Å². The molecule has 0 bridgehead atoms. The number of carbonyl (C=O) groups excluding carboxylic acids is 1. The predicted molar refractivity (Wildman–Crippen MR) is 129 cm³/mol. The van der Waals surface area contributed by atoms with E-state index in [0.29, 0.717) is 37.1 Å². The molecule has 0 spiro atoms. The highest BCUT2D eigenvalue weighted by Gasteiger charge is 2.34. The van der Waals surface area contributed by atoms with Gasteiger partial charge in [-0.15, -0.1) is 0 Å². The summed E-state index contributed by atoms with van der Waals surface area (Å²) in [6.45, 7) is 4.66. The van der Waals surface area contributed by atoms with E-state index in [1.54, 1.807) is 11.0 Å². The lowest BCUT2D eigenvalue weighted by Gasteiger charge is -2.34. The summed E-state index contributed by atoms with van der Waals surface area (Å²) in [4.78, 5) is 16.5. The van der Waals surface area contributed by atoms with Crippen LogP contribution >= 0.6 is 0 Å². The van der Waals surface area contributed by atoms with Crippen LogP contribution in [0.2, 0.25) is 0 Å². The van der Waals surface area contributed by atoms with Crippen LogP contribution in [0.5, 0.6) is 17.2 Å². The van der Waals surface area contributed by atoms with Crippen LogP contribution < -0.4 is 9.47 Å². The van der Waals surface area contributed by atoms with Crippen LogP contribution in [0.15, 0.2) is 36.4 Å². The van der Waals surface area contributed by atoms with E-state index in [2.05, 4.69) is 11.8 Å². The minimum Gasteiger partial charge on any atom is -0.505 e. The minimum atomic E-state index is -0.799. The predicted octanol–water partition coefficient (Wildman–Crippen LogP) is 4.70. The molecule has 1 aliphatic carbocycles. The highest BCUT2D eigenvalue weighted by atomic mass is 19.1. The third kappa shape index (κ3) is 5.63. The largest absolute Gasteiger partial charge is 0.505 e. The summed E-state index contributed by atoms with van der Waals surface area (Å²) < 4.78 is 26.3. The normalized spacial score (nSPS) is 21.0. The van der Waals surface area contributed by atoms with Gasteiger partial charge in [0, 0.05) is 25.7 Å². The van der Waals surface area contributed by atoms with Gasteiger partial charge in [0.05, 0.1) is 11.7 Å². The number of hydrogen-bond donors (Lipinski definition) is 1. The van der Waals surface area contributed by atoms with Gasteiger partial charge in [-0.3, -0.25) is 4.79 Å². The molecule has 4 rings (SSSR count). The second kappa shape index (κ2) is 10.6. The molecule has 2 aliphatic rings. The molecule has 0 aromatic heterocycles. The van der Waals surface area contributed by atoms with Crippen molar-refractivity contribution in [2.75, 3.05) is 33.8 Å². The first-order chi connectivity index (χ1) is 16.3. The molecule has 1 heterocycles. The van der Waals surface area contributed by atoms with E-state index >= 15 is 0 Å². The Bertz CT molecular complexity index is 1000. The fourth-order valence-electron chi connectivity index (χ4n) is 5.00. The molecule has 1 N–H and O–H groups in total. The summed E-state index contributed by atoms with van der Waals surface area (Å²) in [7, 11) is 4.04. The maximum atomic E-state index is 14.2. The van der Waals surface area contributed by atoms with Gasteiger partial charge in [0.15, 0.2) is 11.6 Å². The van der Waals surface area contributed by atoms with E-state index in [1.165, 1.54) is 6.07 Å². The molecule has 1 aliphatic heterocycles. The standard InChI is InChI=1S/C27H35FN2O4/c1-18(34-23-6-4-5-22(15-23)33-14-13-29(2)3)20-9-7-19(8-10-20)16-30-17-21-11-12-24(31)26(28)25(21)27(30)32/h4-6,11-12,15,18-20,31H,7-10,13-14,16-17H2,1-3H3. The smallest absolute Gasteiger partial charge is 0.257 e. The molecule has 7 heteroatoms. The van der Waals surface area contributed by atoms with Crippen molar-refractivity contribution in [2.24, 2.45) is 11.8 Å². The molecule has 0 radical (unpaired) electrons. The molecule has 6 nitrogen and oxygen atoms in total. The summed E-state index contributed by atoms with van der Waals surface area (Å²) in [5.41, 5.74) is 0.688. The summed E-state index contributed by atoms with van der Waals surface area (Å²) in [6.07, 6.45) is 4.19. The maximum absolute atomic E-state index is 14.2. The molecule has 1 unspecified atom stereocenters. The van der Waals surface area contributed by atoms with Crippen molar-refractivity contribution < 1.29 is 23.8 Å². The maximum Gasteiger partial charge on any atom is 0.257 e. The number of likely N-dealkylation sites (N-methyl/N-ethyl adjacent to an activating group) is 1. The van der Waals surface area contributed by atoms with Crippen LogP contribution in [0.4, 0.5) is 4.39 Å². The quantitative estimate of drug-likeness (QED) is 0.576. The Hall–Kier alpha value is -2.80.